The average molecular weight is 236 g/mol. The number of nitrogens with zero attached hydrogens (tertiary/aromatic N) is 2. The summed E-state index contributed by atoms with van der Waals surface area (Å²) in [5.74, 6) is 0. The lowest BCUT2D eigenvalue weighted by Gasteiger charge is -2.33. The second-order valence-electron chi connectivity index (χ2n) is 4.13. The van der Waals surface area contributed by atoms with E-state index in [0.29, 0.717) is 10.6 Å². The summed E-state index contributed by atoms with van der Waals surface area (Å²) < 4.78 is 0. The first-order valence-corrected chi connectivity index (χ1v) is 5.78. The molecule has 0 radical (unpaired) electrons. The minimum atomic E-state index is 0.223. The fourth-order valence-electron chi connectivity index (χ4n) is 2.06. The van der Waals surface area contributed by atoms with Crippen LogP contribution in [0.5, 0.6) is 0 Å². The first kappa shape index (κ1) is 11.3. The molecule has 1 heterocycles. The van der Waals surface area contributed by atoms with Gasteiger partial charge in [0.2, 0.25) is 0 Å². The van der Waals surface area contributed by atoms with Crippen LogP contribution in [0, 0.1) is 11.3 Å². The lowest BCUT2D eigenvalue weighted by Crippen LogP contribution is -2.42. The second kappa shape index (κ2) is 4.73. The van der Waals surface area contributed by atoms with Gasteiger partial charge >= 0.3 is 0 Å². The van der Waals surface area contributed by atoms with Gasteiger partial charge in [0.25, 0.3) is 0 Å². The lowest BCUT2D eigenvalue weighted by molar-refractivity contribution is 0.506. The van der Waals surface area contributed by atoms with E-state index < -0.39 is 0 Å². The SMILES string of the molecule is N#Cc1ccc(N2CCCC(N)C2)c(Cl)c1. The van der Waals surface area contributed by atoms with Crippen molar-refractivity contribution in [1.29, 1.82) is 5.26 Å². The molecule has 0 bridgehead atoms. The Morgan fingerprint density at radius 2 is 2.31 bits per heavy atom. The van der Waals surface area contributed by atoms with Gasteiger partial charge in [-0.05, 0) is 31.0 Å². The van der Waals surface area contributed by atoms with E-state index in [1.165, 1.54) is 0 Å². The Hall–Kier alpha value is -1.24. The van der Waals surface area contributed by atoms with Crippen molar-refractivity contribution in [2.75, 3.05) is 18.0 Å². The normalized spacial score (nSPS) is 20.6. The Morgan fingerprint density at radius 1 is 1.50 bits per heavy atom. The van der Waals surface area contributed by atoms with Crippen LogP contribution in [0.1, 0.15) is 18.4 Å². The molecule has 0 saturated carbocycles. The zero-order valence-corrected chi connectivity index (χ0v) is 9.74. The molecule has 1 aromatic carbocycles. The molecule has 3 nitrogen and oxygen atoms in total. The lowest BCUT2D eigenvalue weighted by atomic mass is 10.1. The fraction of sp³-hybridized carbons (Fsp3) is 0.417. The van der Waals surface area contributed by atoms with Crippen LogP contribution in [0.2, 0.25) is 5.02 Å². The third-order valence-corrected chi connectivity index (χ3v) is 3.18. The molecule has 16 heavy (non-hydrogen) atoms. The number of halogens is 1. The molecule has 84 valence electrons. The molecule has 1 unspecified atom stereocenters. The molecule has 1 aromatic rings. The molecule has 1 fully saturated rings. The molecule has 0 aromatic heterocycles. The molecule has 1 saturated heterocycles. The number of anilines is 1. The molecule has 2 N–H and O–H groups in total. The quantitative estimate of drug-likeness (QED) is 0.812. The van der Waals surface area contributed by atoms with E-state index in [9.17, 15) is 0 Å². The van der Waals surface area contributed by atoms with Crippen LogP contribution in [0.4, 0.5) is 5.69 Å². The van der Waals surface area contributed by atoms with Gasteiger partial charge in [0.1, 0.15) is 0 Å². The highest BCUT2D eigenvalue weighted by Crippen LogP contribution is 2.28. The van der Waals surface area contributed by atoms with Gasteiger partial charge in [-0.3, -0.25) is 0 Å². The smallest absolute Gasteiger partial charge is 0.0992 e. The van der Waals surface area contributed by atoms with Crippen molar-refractivity contribution in [2.24, 2.45) is 5.73 Å². The van der Waals surface area contributed by atoms with E-state index in [1.807, 2.05) is 6.07 Å². The monoisotopic (exact) mass is 235 g/mol. The van der Waals surface area contributed by atoms with Gasteiger partial charge in [-0.15, -0.1) is 0 Å². The maximum Gasteiger partial charge on any atom is 0.0992 e. The molecular formula is C12H14ClN3. The van der Waals surface area contributed by atoms with Gasteiger partial charge in [0.05, 0.1) is 22.3 Å². The third kappa shape index (κ3) is 2.29. The predicted octanol–water partition coefficient (Wildman–Crippen LogP) is 2.14. The molecule has 4 heteroatoms. The molecular weight excluding hydrogens is 222 g/mol. The largest absolute Gasteiger partial charge is 0.369 e. The Balaban J connectivity index is 2.23. The summed E-state index contributed by atoms with van der Waals surface area (Å²) in [6.45, 7) is 1.82. The van der Waals surface area contributed by atoms with Crippen LogP contribution in [0.3, 0.4) is 0 Å². The summed E-state index contributed by atoms with van der Waals surface area (Å²) in [4.78, 5) is 2.19. The average Bonchev–Trinajstić information content (AvgIpc) is 2.28. The van der Waals surface area contributed by atoms with E-state index in [2.05, 4.69) is 11.0 Å². The summed E-state index contributed by atoms with van der Waals surface area (Å²) >= 11 is 6.16. The Bertz CT molecular complexity index is 425. The molecule has 2 rings (SSSR count). The molecule has 1 aliphatic rings. The summed E-state index contributed by atoms with van der Waals surface area (Å²) in [6.07, 6.45) is 2.17. The van der Waals surface area contributed by atoms with Gasteiger partial charge in [-0.25, -0.2) is 0 Å². The number of benzene rings is 1. The van der Waals surface area contributed by atoms with Gasteiger partial charge in [-0.2, -0.15) is 5.26 Å². The van der Waals surface area contributed by atoms with Gasteiger partial charge in [-0.1, -0.05) is 11.6 Å². The first-order chi connectivity index (χ1) is 7.70. The van der Waals surface area contributed by atoms with Crippen molar-refractivity contribution in [2.45, 2.75) is 18.9 Å². The van der Waals surface area contributed by atoms with Crippen molar-refractivity contribution in [3.8, 4) is 6.07 Å². The first-order valence-electron chi connectivity index (χ1n) is 5.41. The fourth-order valence-corrected chi connectivity index (χ4v) is 2.36. The third-order valence-electron chi connectivity index (χ3n) is 2.88. The summed E-state index contributed by atoms with van der Waals surface area (Å²) in [5, 5.41) is 9.40. The van der Waals surface area contributed by atoms with Crippen LogP contribution in [-0.4, -0.2) is 19.1 Å². The van der Waals surface area contributed by atoms with Crippen molar-refractivity contribution in [3.05, 3.63) is 28.8 Å². The van der Waals surface area contributed by atoms with Crippen LogP contribution < -0.4 is 10.6 Å². The minimum absolute atomic E-state index is 0.223. The standard InChI is InChI=1S/C12H14ClN3/c13-11-6-9(7-14)3-4-12(11)16-5-1-2-10(15)8-16/h3-4,6,10H,1-2,5,8,15H2. The van der Waals surface area contributed by atoms with E-state index in [1.54, 1.807) is 12.1 Å². The Labute approximate surface area is 100 Å². The molecule has 1 atom stereocenters. The van der Waals surface area contributed by atoms with E-state index >= 15 is 0 Å². The maximum atomic E-state index is 8.76. The van der Waals surface area contributed by atoms with E-state index in [0.717, 1.165) is 31.6 Å². The summed E-state index contributed by atoms with van der Waals surface area (Å²) in [6, 6.07) is 7.70. The van der Waals surface area contributed by atoms with Gasteiger partial charge < -0.3 is 10.6 Å². The Kier molecular flexibility index (Phi) is 3.33. The van der Waals surface area contributed by atoms with Gasteiger partial charge in [0, 0.05) is 19.1 Å². The van der Waals surface area contributed by atoms with E-state index in [4.69, 9.17) is 22.6 Å². The number of hydrogen-bond donors (Lipinski definition) is 1. The minimum Gasteiger partial charge on any atom is -0.369 e. The second-order valence-corrected chi connectivity index (χ2v) is 4.53. The summed E-state index contributed by atoms with van der Waals surface area (Å²) in [7, 11) is 0. The van der Waals surface area contributed by atoms with Crippen LogP contribution in [-0.2, 0) is 0 Å². The number of hydrogen-bond acceptors (Lipinski definition) is 3. The molecule has 1 aliphatic heterocycles. The highest BCUT2D eigenvalue weighted by Gasteiger charge is 2.18. The highest BCUT2D eigenvalue weighted by atomic mass is 35.5. The zero-order chi connectivity index (χ0) is 11.5. The zero-order valence-electron chi connectivity index (χ0n) is 8.99. The molecule has 0 spiro atoms. The number of piperidine rings is 1. The molecule has 0 aliphatic carbocycles. The summed E-state index contributed by atoms with van der Waals surface area (Å²) in [5.41, 5.74) is 7.51. The van der Waals surface area contributed by atoms with Crippen molar-refractivity contribution in [1.82, 2.24) is 0 Å². The maximum absolute atomic E-state index is 8.76. The van der Waals surface area contributed by atoms with Crippen molar-refractivity contribution >= 4 is 17.3 Å². The number of rotatable bonds is 1. The number of nitriles is 1. The van der Waals surface area contributed by atoms with E-state index in [-0.39, 0.29) is 6.04 Å². The van der Waals surface area contributed by atoms with Crippen LogP contribution in [0.15, 0.2) is 18.2 Å². The number of nitrogens with two attached hydrogens (primary N) is 1. The topological polar surface area (TPSA) is 53.0 Å². The van der Waals surface area contributed by atoms with Crippen LogP contribution >= 0.6 is 11.6 Å². The highest BCUT2D eigenvalue weighted by molar-refractivity contribution is 6.33. The van der Waals surface area contributed by atoms with Crippen molar-refractivity contribution < 1.29 is 0 Å². The molecule has 0 amide bonds. The predicted molar refractivity (Wildman–Crippen MR) is 65.6 cm³/mol. The van der Waals surface area contributed by atoms with Gasteiger partial charge in [0.15, 0.2) is 0 Å². The van der Waals surface area contributed by atoms with Crippen LogP contribution in [0.25, 0.3) is 0 Å². The Morgan fingerprint density at radius 3 is 2.94 bits per heavy atom. The van der Waals surface area contributed by atoms with Crippen molar-refractivity contribution in [3.63, 3.8) is 0 Å².